The number of benzene rings is 1. The number of hydrogen-bond donors (Lipinski definition) is 4. The monoisotopic (exact) mass is 667 g/mol. The molecular weight excluding hydrogens is 623 g/mol. The summed E-state index contributed by atoms with van der Waals surface area (Å²) >= 11 is 2.65. The maximum absolute atomic E-state index is 13.5. The van der Waals surface area contributed by atoms with E-state index in [1.54, 1.807) is 15.7 Å². The van der Waals surface area contributed by atoms with E-state index in [0.29, 0.717) is 55.3 Å². The fourth-order valence-corrected chi connectivity index (χ4v) is 6.88. The largest absolute Gasteiger partial charge is 0.351 e. The van der Waals surface area contributed by atoms with Crippen molar-refractivity contribution in [2.24, 2.45) is 17.6 Å². The average molecular weight is 668 g/mol. The van der Waals surface area contributed by atoms with E-state index in [1.807, 2.05) is 44.2 Å². The molecule has 1 unspecified atom stereocenters. The summed E-state index contributed by atoms with van der Waals surface area (Å²) in [5.74, 6) is -0.753. The van der Waals surface area contributed by atoms with Gasteiger partial charge in [0.1, 0.15) is 21.4 Å². The van der Waals surface area contributed by atoms with Gasteiger partial charge in [-0.1, -0.05) is 58.0 Å². The maximum Gasteiger partial charge on any atom is 0.271 e. The number of rotatable bonds is 6. The van der Waals surface area contributed by atoms with Gasteiger partial charge in [0.05, 0.1) is 18.1 Å². The van der Waals surface area contributed by atoms with Crippen LogP contribution in [0.2, 0.25) is 0 Å². The highest BCUT2D eigenvalue weighted by molar-refractivity contribution is 7.10. The van der Waals surface area contributed by atoms with Crippen molar-refractivity contribution >= 4 is 46.3 Å². The number of thiazole rings is 2. The predicted octanol–water partition coefficient (Wildman–Crippen LogP) is 4.24. The van der Waals surface area contributed by atoms with Crippen molar-refractivity contribution in [2.75, 3.05) is 19.6 Å². The zero-order valence-corrected chi connectivity index (χ0v) is 28.6. The number of aromatic nitrogens is 2. The van der Waals surface area contributed by atoms with Gasteiger partial charge in [0.25, 0.3) is 11.8 Å². The van der Waals surface area contributed by atoms with E-state index < -0.39 is 12.1 Å². The second-order valence-corrected chi connectivity index (χ2v) is 14.2. The topological polar surface area (TPSA) is 159 Å². The lowest BCUT2D eigenvalue weighted by atomic mass is 10.0. The van der Waals surface area contributed by atoms with Crippen LogP contribution in [0.3, 0.4) is 0 Å². The number of nitrogens with two attached hydrogens (primary N) is 1. The van der Waals surface area contributed by atoms with Crippen LogP contribution in [0.5, 0.6) is 0 Å². The van der Waals surface area contributed by atoms with Gasteiger partial charge in [-0.2, -0.15) is 0 Å². The Bertz CT molecular complexity index is 1470. The van der Waals surface area contributed by atoms with E-state index in [-0.39, 0.29) is 59.3 Å². The fraction of sp³-hybridized carbons (Fsp3) is 0.515. The Balaban J connectivity index is 1.62. The lowest BCUT2D eigenvalue weighted by molar-refractivity contribution is -0.134. The van der Waals surface area contributed by atoms with Crippen LogP contribution in [-0.2, 0) is 16.0 Å². The van der Waals surface area contributed by atoms with Crippen LogP contribution in [0, 0.1) is 11.8 Å². The Morgan fingerprint density at radius 2 is 1.54 bits per heavy atom. The van der Waals surface area contributed by atoms with Gasteiger partial charge in [-0.3, -0.25) is 19.2 Å². The summed E-state index contributed by atoms with van der Waals surface area (Å²) in [5, 5.41) is 13.8. The van der Waals surface area contributed by atoms with Gasteiger partial charge in [-0.05, 0) is 43.1 Å². The van der Waals surface area contributed by atoms with Gasteiger partial charge in [0.2, 0.25) is 11.8 Å². The third kappa shape index (κ3) is 9.91. The first-order valence-corrected chi connectivity index (χ1v) is 17.6. The zero-order chi connectivity index (χ0) is 33.2. The Morgan fingerprint density at radius 3 is 2.20 bits per heavy atom. The molecule has 46 heavy (non-hydrogen) atoms. The third-order valence-electron chi connectivity index (χ3n) is 7.77. The molecule has 1 aliphatic rings. The minimum atomic E-state index is -0.652. The Morgan fingerprint density at radius 1 is 0.913 bits per heavy atom. The molecule has 0 saturated heterocycles. The van der Waals surface area contributed by atoms with Crippen LogP contribution in [0.1, 0.15) is 102 Å². The van der Waals surface area contributed by atoms with Gasteiger partial charge in [0.15, 0.2) is 0 Å². The number of carbonyl (C=O) groups is 4. The van der Waals surface area contributed by atoms with E-state index in [2.05, 4.69) is 39.8 Å². The van der Waals surface area contributed by atoms with Crippen LogP contribution in [0.4, 0.5) is 0 Å². The van der Waals surface area contributed by atoms with Crippen LogP contribution < -0.4 is 21.7 Å². The van der Waals surface area contributed by atoms with Crippen molar-refractivity contribution in [3.05, 3.63) is 68.1 Å². The summed E-state index contributed by atoms with van der Waals surface area (Å²) in [6, 6.07) is 8.28. The molecule has 0 fully saturated rings. The normalized spacial score (nSPS) is 19.6. The minimum Gasteiger partial charge on any atom is -0.351 e. The molecule has 4 amide bonds. The SMILES string of the molecule is CC(C)CC1NC(=O)CCCN(C(=O)[C@H](N)C(C)C)CCCNC(=O)c2csc(n2)[C@H](Cc2ccccc2)NC(=O)c2csc1n2. The fourth-order valence-electron chi connectivity index (χ4n) is 5.17. The molecule has 3 atom stereocenters. The highest BCUT2D eigenvalue weighted by Crippen LogP contribution is 2.27. The first-order chi connectivity index (χ1) is 22.0. The van der Waals surface area contributed by atoms with Crippen molar-refractivity contribution in [2.45, 2.75) is 77.9 Å². The van der Waals surface area contributed by atoms with Gasteiger partial charge >= 0.3 is 0 Å². The van der Waals surface area contributed by atoms with E-state index in [9.17, 15) is 19.2 Å². The number of nitrogens with one attached hydrogen (secondary N) is 3. The van der Waals surface area contributed by atoms with Crippen LogP contribution in [-0.4, -0.2) is 64.2 Å². The lowest BCUT2D eigenvalue weighted by Gasteiger charge is -2.27. The predicted molar refractivity (Wildman–Crippen MR) is 180 cm³/mol. The first-order valence-electron chi connectivity index (χ1n) is 15.9. The standard InChI is InChI=1S/C33H45N7O4S2/c1-20(2)16-23-31-39-26(19-46-31)30(43)37-24(17-22-10-6-5-7-11-22)32-38-25(18-45-32)29(42)35-13-9-15-40(14-8-12-27(41)36-23)33(44)28(34)21(3)4/h5-7,10-11,18-21,23-24,28H,8-9,12-17,34H2,1-4H3,(H,35,42)(H,36,41)(H,37,43)/t23?,24-,28+/m0/s1. The van der Waals surface area contributed by atoms with Crippen LogP contribution in [0.25, 0.3) is 0 Å². The molecule has 4 bridgehead atoms. The highest BCUT2D eigenvalue weighted by Gasteiger charge is 2.27. The quantitative estimate of drug-likeness (QED) is 0.306. The van der Waals surface area contributed by atoms with Crippen molar-refractivity contribution in [1.29, 1.82) is 0 Å². The van der Waals surface area contributed by atoms with E-state index in [1.165, 1.54) is 22.7 Å². The van der Waals surface area contributed by atoms with Gasteiger partial charge in [-0.25, -0.2) is 9.97 Å². The molecule has 0 saturated carbocycles. The molecule has 4 rings (SSSR count). The van der Waals surface area contributed by atoms with Crippen LogP contribution >= 0.6 is 22.7 Å². The summed E-state index contributed by atoms with van der Waals surface area (Å²) in [6.07, 6.45) is 2.33. The molecular formula is C33H45N7O4S2. The van der Waals surface area contributed by atoms with Crippen molar-refractivity contribution in [3.8, 4) is 0 Å². The number of amides is 4. The van der Waals surface area contributed by atoms with Crippen LogP contribution in [0.15, 0.2) is 41.1 Å². The number of carbonyl (C=O) groups excluding carboxylic acids is 4. The van der Waals surface area contributed by atoms with Gasteiger partial charge in [0, 0.05) is 36.8 Å². The van der Waals surface area contributed by atoms with Crippen molar-refractivity contribution in [3.63, 3.8) is 0 Å². The zero-order valence-electron chi connectivity index (χ0n) is 27.0. The van der Waals surface area contributed by atoms with Gasteiger partial charge < -0.3 is 26.6 Å². The molecule has 3 heterocycles. The molecule has 2 aromatic heterocycles. The molecule has 248 valence electrons. The second-order valence-electron chi connectivity index (χ2n) is 12.4. The summed E-state index contributed by atoms with van der Waals surface area (Å²) in [6.45, 7) is 9.05. The van der Waals surface area contributed by atoms with Crippen molar-refractivity contribution < 1.29 is 19.2 Å². The smallest absolute Gasteiger partial charge is 0.271 e. The Labute approximate surface area is 278 Å². The molecule has 11 nitrogen and oxygen atoms in total. The summed E-state index contributed by atoms with van der Waals surface area (Å²) in [5.41, 5.74) is 7.75. The molecule has 13 heteroatoms. The molecule has 3 aromatic rings. The summed E-state index contributed by atoms with van der Waals surface area (Å²) in [4.78, 5) is 63.8. The average Bonchev–Trinajstić information content (AvgIpc) is 3.72. The lowest BCUT2D eigenvalue weighted by Crippen LogP contribution is -2.47. The molecule has 0 radical (unpaired) electrons. The van der Waals surface area contributed by atoms with E-state index in [4.69, 9.17) is 5.73 Å². The minimum absolute atomic E-state index is 0.0356. The summed E-state index contributed by atoms with van der Waals surface area (Å²) < 4.78 is 0. The second kappa shape index (κ2) is 16.8. The molecule has 5 N–H and O–H groups in total. The third-order valence-corrected chi connectivity index (χ3v) is 9.69. The van der Waals surface area contributed by atoms with Crippen molar-refractivity contribution in [1.82, 2.24) is 30.8 Å². The number of hydrogen-bond acceptors (Lipinski definition) is 9. The Hall–Kier alpha value is -3.68. The van der Waals surface area contributed by atoms with Gasteiger partial charge in [-0.15, -0.1) is 22.7 Å². The van der Waals surface area contributed by atoms with E-state index in [0.717, 1.165) is 5.56 Å². The molecule has 1 aliphatic heterocycles. The molecule has 0 spiro atoms. The Kier molecular flexibility index (Phi) is 12.8. The molecule has 1 aromatic carbocycles. The first kappa shape index (κ1) is 35.2. The van der Waals surface area contributed by atoms with E-state index >= 15 is 0 Å². The highest BCUT2D eigenvalue weighted by atomic mass is 32.1. The summed E-state index contributed by atoms with van der Waals surface area (Å²) in [7, 11) is 0. The number of fused-ring (bicyclic) bond motifs is 4. The molecule has 0 aliphatic carbocycles. The number of nitrogens with zero attached hydrogens (tertiary/aromatic N) is 3. The maximum atomic E-state index is 13.5.